The van der Waals surface area contributed by atoms with Gasteiger partial charge in [0.1, 0.15) is 53.5 Å². The van der Waals surface area contributed by atoms with E-state index in [1.165, 1.54) is 6.92 Å². The molecule has 0 spiro atoms. The number of aliphatic hydroxyl groups is 1. The van der Waals surface area contributed by atoms with E-state index in [1.54, 1.807) is 97.9 Å². The predicted octanol–water partition coefficient (Wildman–Crippen LogP) is 0.267. The number of aryl methyl sites for hydroxylation is 1. The lowest BCUT2D eigenvalue weighted by Crippen LogP contribution is -2.61. The fourth-order valence-electron chi connectivity index (χ4n) is 8.12. The average molecular weight is 1120 g/mol. The summed E-state index contributed by atoms with van der Waals surface area (Å²) in [5.41, 5.74) is 0.505. The van der Waals surface area contributed by atoms with Crippen molar-refractivity contribution in [3.8, 4) is 0 Å². The van der Waals surface area contributed by atoms with Gasteiger partial charge in [-0.05, 0) is 116 Å². The van der Waals surface area contributed by atoms with Crippen molar-refractivity contribution in [2.45, 2.75) is 180 Å². The minimum atomic E-state index is -1.69. The number of benzene rings is 2. The summed E-state index contributed by atoms with van der Waals surface area (Å²) in [5, 5.41) is 39.6. The van der Waals surface area contributed by atoms with E-state index in [0.29, 0.717) is 11.1 Å². The molecule has 2 aromatic carbocycles. The highest BCUT2D eigenvalue weighted by Gasteiger charge is 2.36. The standard InChI is InChI=1S/C55H84BN11O13/c1-11-34-17-19-36(20-18-34)31-43(69)61-37-21-25-57-51(76)44(33(4)68)67-48(73)39(23-27-59-53(78)80-55(8,9)10)62-46(71)38(22-26-58-52(77)79-54(5,6)7)64-49(74)41(29-32(2)3)65-50(75)42(30-35-15-13-12-14-16-35)66-47(72)40(24-28-60-56)63-45(37)70/h12-20,32-33,37-42,44,60,68H,11,21-31H2,1-10H3,(H,57,76)(H,58,77)(H,59,78)(H,61,69)(H,62,71)(H,63,70)(H,64,74)(H,65,75)(H,66,72)(H,67,73)/t33-,37+,38+,39+,40+,41+,42-,44+/m1/s1. The largest absolute Gasteiger partial charge is 0.444 e. The number of alkyl carbamates (subject to hydrolysis) is 2. The van der Waals surface area contributed by atoms with Crippen molar-refractivity contribution in [1.29, 1.82) is 0 Å². The van der Waals surface area contributed by atoms with Crippen LogP contribution in [0.15, 0.2) is 54.6 Å². The van der Waals surface area contributed by atoms with E-state index < -0.39 is 119 Å². The first-order chi connectivity index (χ1) is 37.6. The molecule has 1 saturated heterocycles. The van der Waals surface area contributed by atoms with Crippen LogP contribution in [0.25, 0.3) is 0 Å². The first-order valence-corrected chi connectivity index (χ1v) is 27.1. The minimum absolute atomic E-state index is 0.0102. The molecule has 2 aromatic rings. The first kappa shape index (κ1) is 67.0. The molecule has 0 aromatic heterocycles. The van der Waals surface area contributed by atoms with E-state index in [1.807, 2.05) is 19.1 Å². The Morgan fingerprint density at radius 3 is 1.54 bits per heavy atom. The second-order valence-corrected chi connectivity index (χ2v) is 22.1. The second kappa shape index (κ2) is 32.7. The Bertz CT molecular complexity index is 2400. The molecule has 12 N–H and O–H groups in total. The van der Waals surface area contributed by atoms with Gasteiger partial charge in [0, 0.05) is 26.1 Å². The molecule has 0 unspecified atom stereocenters. The highest BCUT2D eigenvalue weighted by molar-refractivity contribution is 6.04. The summed E-state index contributed by atoms with van der Waals surface area (Å²) in [6.07, 6.45) is -3.73. The van der Waals surface area contributed by atoms with Crippen LogP contribution < -0.4 is 58.4 Å². The van der Waals surface area contributed by atoms with Gasteiger partial charge in [0.05, 0.1) is 12.5 Å². The topological polar surface area (TPSA) is 342 Å². The van der Waals surface area contributed by atoms with E-state index in [-0.39, 0.29) is 77.0 Å². The summed E-state index contributed by atoms with van der Waals surface area (Å²) in [7, 11) is 5.64. The molecule has 24 nitrogen and oxygen atoms in total. The number of nitrogens with one attached hydrogen (secondary N) is 11. The van der Waals surface area contributed by atoms with Crippen molar-refractivity contribution in [2.24, 2.45) is 5.92 Å². The minimum Gasteiger partial charge on any atom is -0.444 e. The molecule has 10 amide bonds. The van der Waals surface area contributed by atoms with Gasteiger partial charge in [0.2, 0.25) is 47.3 Å². The van der Waals surface area contributed by atoms with E-state index >= 15 is 0 Å². The average Bonchev–Trinajstić information content (AvgIpc) is 3.36. The zero-order valence-electron chi connectivity index (χ0n) is 47.8. The van der Waals surface area contributed by atoms with E-state index in [2.05, 4.69) is 58.4 Å². The van der Waals surface area contributed by atoms with Crippen molar-refractivity contribution < 1.29 is 62.5 Å². The summed E-state index contributed by atoms with van der Waals surface area (Å²) in [5.74, 6) is -7.10. The molecule has 1 aliphatic heterocycles. The van der Waals surface area contributed by atoms with Crippen molar-refractivity contribution in [3.05, 3.63) is 71.3 Å². The van der Waals surface area contributed by atoms with Crippen molar-refractivity contribution in [2.75, 3.05) is 26.2 Å². The van der Waals surface area contributed by atoms with Crippen LogP contribution in [0.4, 0.5) is 9.59 Å². The van der Waals surface area contributed by atoms with Gasteiger partial charge in [-0.1, -0.05) is 75.4 Å². The van der Waals surface area contributed by atoms with Crippen LogP contribution in [0.5, 0.6) is 0 Å². The molecule has 8 atom stereocenters. The number of ether oxygens (including phenoxy) is 2. The number of hydrogen-bond donors (Lipinski definition) is 12. The Hall–Kier alpha value is -7.28. The highest BCUT2D eigenvalue weighted by atomic mass is 16.6. The van der Waals surface area contributed by atoms with Crippen molar-refractivity contribution in [3.63, 3.8) is 0 Å². The highest BCUT2D eigenvalue weighted by Crippen LogP contribution is 2.13. The third-order valence-electron chi connectivity index (χ3n) is 12.2. The molecule has 0 aliphatic carbocycles. The van der Waals surface area contributed by atoms with Crippen LogP contribution in [0, 0.1) is 5.92 Å². The van der Waals surface area contributed by atoms with Crippen LogP contribution in [0.1, 0.15) is 118 Å². The molecule has 80 heavy (non-hydrogen) atoms. The zero-order valence-corrected chi connectivity index (χ0v) is 47.8. The quantitative estimate of drug-likeness (QED) is 0.0893. The summed E-state index contributed by atoms with van der Waals surface area (Å²) in [6, 6.07) is 5.64. The lowest BCUT2D eigenvalue weighted by Gasteiger charge is -2.29. The number of hydrogen-bond acceptors (Lipinski definition) is 14. The maximum absolute atomic E-state index is 14.6. The lowest BCUT2D eigenvalue weighted by molar-refractivity contribution is -0.136. The Kier molecular flexibility index (Phi) is 27.4. The Morgan fingerprint density at radius 1 is 0.600 bits per heavy atom. The number of amides is 10. The fourth-order valence-corrected chi connectivity index (χ4v) is 8.12. The monoisotopic (exact) mass is 1120 g/mol. The molecule has 0 bridgehead atoms. The van der Waals surface area contributed by atoms with Gasteiger partial charge in [0.15, 0.2) is 7.98 Å². The smallest absolute Gasteiger partial charge is 0.407 e. The van der Waals surface area contributed by atoms with E-state index in [0.717, 1.165) is 12.0 Å². The molecule has 2 radical (unpaired) electrons. The molecule has 25 heteroatoms. The maximum atomic E-state index is 14.6. The third kappa shape index (κ3) is 25.2. The molecule has 0 saturated carbocycles. The normalized spacial score (nSPS) is 21.9. The van der Waals surface area contributed by atoms with E-state index in [4.69, 9.17) is 17.5 Å². The van der Waals surface area contributed by atoms with Crippen LogP contribution in [0.2, 0.25) is 0 Å². The van der Waals surface area contributed by atoms with Crippen molar-refractivity contribution in [1.82, 2.24) is 58.4 Å². The number of rotatable bonds is 18. The summed E-state index contributed by atoms with van der Waals surface area (Å²) < 4.78 is 10.7. The molecule has 1 heterocycles. The molecule has 1 fully saturated rings. The maximum Gasteiger partial charge on any atom is 0.407 e. The Labute approximate surface area is 470 Å². The molecule has 440 valence electrons. The molecule has 1 aliphatic rings. The predicted molar refractivity (Wildman–Crippen MR) is 298 cm³/mol. The van der Waals surface area contributed by atoms with Gasteiger partial charge < -0.3 is 73.0 Å². The second-order valence-electron chi connectivity index (χ2n) is 22.1. The van der Waals surface area contributed by atoms with Gasteiger partial charge in [0.25, 0.3) is 0 Å². The number of carbonyl (C=O) groups excluding carboxylic acids is 10. The van der Waals surface area contributed by atoms with Crippen LogP contribution in [-0.2, 0) is 67.1 Å². The van der Waals surface area contributed by atoms with Gasteiger partial charge >= 0.3 is 12.2 Å². The molecular weight excluding hydrogens is 1030 g/mol. The van der Waals surface area contributed by atoms with Gasteiger partial charge in [-0.3, -0.25) is 38.4 Å². The first-order valence-electron chi connectivity index (χ1n) is 27.1. The van der Waals surface area contributed by atoms with Gasteiger partial charge in [-0.25, -0.2) is 9.59 Å². The zero-order chi connectivity index (χ0) is 59.7. The molecular formula is C55H84BN11O13. The Balaban J connectivity index is 2.19. The summed E-state index contributed by atoms with van der Waals surface area (Å²) in [6.45, 7) is 15.8. The number of aliphatic hydroxyl groups excluding tert-OH is 1. The lowest BCUT2D eigenvalue weighted by atomic mass is 10.00. The Morgan fingerprint density at radius 2 is 1.05 bits per heavy atom. The molecule has 3 rings (SSSR count). The fraction of sp³-hybridized carbons (Fsp3) is 0.600. The van der Waals surface area contributed by atoms with Gasteiger partial charge in [-0.15, -0.1) is 0 Å². The third-order valence-corrected chi connectivity index (χ3v) is 12.2. The number of carbonyl (C=O) groups is 10. The van der Waals surface area contributed by atoms with Crippen LogP contribution in [0.3, 0.4) is 0 Å². The SMILES string of the molecule is [B]NCC[C@@H]1NC(=O)[C@@H](NC(=O)Cc2ccc(CC)cc2)CCNC(=O)[C@H]([C@@H](C)O)NC(=O)[C@H](CCNC(=O)OC(C)(C)C)NC(=O)[C@H](CCNC(=O)OC(C)(C)C)NC(=O)[C@H](CC(C)C)NC(=O)[C@@H](Cc2ccccc2)NC1=O. The van der Waals surface area contributed by atoms with Crippen molar-refractivity contribution >= 4 is 67.4 Å². The summed E-state index contributed by atoms with van der Waals surface area (Å²) in [4.78, 5) is 140. The van der Waals surface area contributed by atoms with E-state index in [9.17, 15) is 53.1 Å². The van der Waals surface area contributed by atoms with Gasteiger partial charge in [-0.2, -0.15) is 0 Å². The van der Waals surface area contributed by atoms with Crippen LogP contribution in [-0.4, -0.2) is 158 Å². The summed E-state index contributed by atoms with van der Waals surface area (Å²) >= 11 is 0. The van der Waals surface area contributed by atoms with Crippen LogP contribution >= 0.6 is 0 Å².